The highest BCUT2D eigenvalue weighted by Gasteiger charge is 2.12. The average Bonchev–Trinajstić information content (AvgIpc) is 2.28. The van der Waals surface area contributed by atoms with E-state index in [9.17, 15) is 0 Å². The smallest absolute Gasteiger partial charge is 0.0918 e. The Balaban J connectivity index is 2.76. The Kier molecular flexibility index (Phi) is 5.93. The van der Waals surface area contributed by atoms with Crippen molar-refractivity contribution in [2.45, 2.75) is 32.9 Å². The molecule has 0 aliphatic heterocycles. The molecule has 1 aromatic rings. The quantitative estimate of drug-likeness (QED) is 0.621. The van der Waals surface area contributed by atoms with Crippen molar-refractivity contribution in [3.05, 3.63) is 33.8 Å². The molecule has 0 fully saturated rings. The molecular weight excluding hydrogens is 269 g/mol. The summed E-state index contributed by atoms with van der Waals surface area (Å²) in [4.78, 5) is 2.22. The van der Waals surface area contributed by atoms with Crippen LogP contribution in [-0.2, 0) is 6.54 Å². The Morgan fingerprint density at radius 3 is 2.61 bits per heavy atom. The predicted molar refractivity (Wildman–Crippen MR) is 78.5 cm³/mol. The van der Waals surface area contributed by atoms with Crippen LogP contribution < -0.4 is 5.73 Å². The van der Waals surface area contributed by atoms with E-state index in [2.05, 4.69) is 18.7 Å². The minimum atomic E-state index is 0.206. The maximum atomic E-state index is 7.29. The zero-order chi connectivity index (χ0) is 13.7. The highest BCUT2D eigenvalue weighted by Crippen LogP contribution is 2.22. The van der Waals surface area contributed by atoms with Gasteiger partial charge in [-0.3, -0.25) is 10.3 Å². The van der Waals surface area contributed by atoms with E-state index >= 15 is 0 Å². The van der Waals surface area contributed by atoms with E-state index in [1.807, 2.05) is 12.1 Å². The second-order valence-corrected chi connectivity index (χ2v) is 5.42. The van der Waals surface area contributed by atoms with Gasteiger partial charge in [-0.1, -0.05) is 23.2 Å². The number of nitrogens with two attached hydrogens (primary N) is 1. The van der Waals surface area contributed by atoms with Crippen LogP contribution in [0.5, 0.6) is 0 Å². The van der Waals surface area contributed by atoms with Gasteiger partial charge in [0.2, 0.25) is 0 Å². The van der Waals surface area contributed by atoms with E-state index in [1.54, 1.807) is 6.07 Å². The van der Waals surface area contributed by atoms with Gasteiger partial charge in [0.05, 0.1) is 5.84 Å². The summed E-state index contributed by atoms with van der Waals surface area (Å²) in [5.74, 6) is 0.206. The molecule has 3 nitrogen and oxygen atoms in total. The molecule has 0 spiro atoms. The zero-order valence-corrected chi connectivity index (χ0v) is 12.2. The Morgan fingerprint density at radius 2 is 2.06 bits per heavy atom. The van der Waals surface area contributed by atoms with E-state index in [0.29, 0.717) is 29.1 Å². The molecule has 1 rings (SSSR count). The van der Waals surface area contributed by atoms with Crippen molar-refractivity contribution in [3.8, 4) is 0 Å². The highest BCUT2D eigenvalue weighted by atomic mass is 35.5. The molecule has 18 heavy (non-hydrogen) atoms. The number of nitrogens with one attached hydrogen (secondary N) is 1. The molecule has 0 radical (unpaired) electrons. The number of amidine groups is 1. The predicted octanol–water partition coefficient (Wildman–Crippen LogP) is 3.53. The zero-order valence-electron chi connectivity index (χ0n) is 10.7. The van der Waals surface area contributed by atoms with Gasteiger partial charge in [0.1, 0.15) is 0 Å². The topological polar surface area (TPSA) is 53.1 Å². The van der Waals surface area contributed by atoms with Gasteiger partial charge in [-0.15, -0.1) is 0 Å². The third kappa shape index (κ3) is 4.84. The number of hydrogen-bond acceptors (Lipinski definition) is 2. The standard InChI is InChI=1S/C13H19Cl2N3/c1-9(2)18(6-5-13(16)17)8-10-7-11(14)3-4-12(10)15/h3-4,7,9H,5-6,8H2,1-2H3,(H3,16,17). The molecule has 1 aromatic carbocycles. The maximum Gasteiger partial charge on any atom is 0.0918 e. The van der Waals surface area contributed by atoms with Crippen LogP contribution in [0.1, 0.15) is 25.8 Å². The summed E-state index contributed by atoms with van der Waals surface area (Å²) in [6.07, 6.45) is 0.566. The summed E-state index contributed by atoms with van der Waals surface area (Å²) in [5, 5.41) is 8.69. The third-order valence-corrected chi connectivity index (χ3v) is 3.38. The average molecular weight is 288 g/mol. The molecule has 0 aliphatic rings. The molecule has 0 aromatic heterocycles. The van der Waals surface area contributed by atoms with E-state index in [0.717, 1.165) is 12.1 Å². The van der Waals surface area contributed by atoms with Crippen molar-refractivity contribution in [2.75, 3.05) is 6.54 Å². The van der Waals surface area contributed by atoms with Crippen LogP contribution in [0.4, 0.5) is 0 Å². The van der Waals surface area contributed by atoms with Gasteiger partial charge >= 0.3 is 0 Å². The van der Waals surface area contributed by atoms with E-state index in [-0.39, 0.29) is 5.84 Å². The molecule has 3 N–H and O–H groups in total. The summed E-state index contributed by atoms with van der Waals surface area (Å²) in [6, 6.07) is 5.83. The van der Waals surface area contributed by atoms with Crippen LogP contribution in [0.3, 0.4) is 0 Å². The van der Waals surface area contributed by atoms with Gasteiger partial charge in [0, 0.05) is 35.6 Å². The van der Waals surface area contributed by atoms with Crippen LogP contribution in [0.2, 0.25) is 10.0 Å². The van der Waals surface area contributed by atoms with Crippen LogP contribution in [-0.4, -0.2) is 23.3 Å². The Morgan fingerprint density at radius 1 is 1.39 bits per heavy atom. The first-order chi connectivity index (χ1) is 8.40. The van der Waals surface area contributed by atoms with E-state index < -0.39 is 0 Å². The number of halogens is 2. The Bertz CT molecular complexity index is 419. The Hall–Kier alpha value is -0.770. The highest BCUT2D eigenvalue weighted by molar-refractivity contribution is 6.33. The number of nitrogens with zero attached hydrogens (tertiary/aromatic N) is 1. The van der Waals surface area contributed by atoms with Crippen LogP contribution in [0.25, 0.3) is 0 Å². The maximum absolute atomic E-state index is 7.29. The van der Waals surface area contributed by atoms with E-state index in [1.165, 1.54) is 0 Å². The summed E-state index contributed by atoms with van der Waals surface area (Å²) < 4.78 is 0. The first kappa shape index (κ1) is 15.3. The lowest BCUT2D eigenvalue weighted by atomic mass is 10.1. The third-order valence-electron chi connectivity index (χ3n) is 2.78. The van der Waals surface area contributed by atoms with Crippen molar-refractivity contribution in [1.82, 2.24) is 4.90 Å². The van der Waals surface area contributed by atoms with Crippen molar-refractivity contribution in [2.24, 2.45) is 5.73 Å². The molecule has 0 saturated carbocycles. The van der Waals surface area contributed by atoms with Gasteiger partial charge in [-0.2, -0.15) is 0 Å². The number of benzene rings is 1. The summed E-state index contributed by atoms with van der Waals surface area (Å²) >= 11 is 12.1. The molecular formula is C13H19Cl2N3. The normalized spacial score (nSPS) is 11.2. The minimum Gasteiger partial charge on any atom is -0.388 e. The molecule has 0 unspecified atom stereocenters. The fourth-order valence-electron chi connectivity index (χ4n) is 1.67. The molecule has 0 aliphatic carbocycles. The molecule has 100 valence electrons. The van der Waals surface area contributed by atoms with Crippen LogP contribution >= 0.6 is 23.2 Å². The lowest BCUT2D eigenvalue weighted by molar-refractivity contribution is 0.219. The molecule has 0 amide bonds. The first-order valence-corrected chi connectivity index (χ1v) is 6.66. The lowest BCUT2D eigenvalue weighted by Crippen LogP contribution is -2.33. The van der Waals surface area contributed by atoms with Crippen molar-refractivity contribution in [3.63, 3.8) is 0 Å². The fraction of sp³-hybridized carbons (Fsp3) is 0.462. The van der Waals surface area contributed by atoms with Gasteiger partial charge in [0.25, 0.3) is 0 Å². The van der Waals surface area contributed by atoms with Gasteiger partial charge in [0.15, 0.2) is 0 Å². The van der Waals surface area contributed by atoms with Crippen molar-refractivity contribution >= 4 is 29.0 Å². The molecule has 0 heterocycles. The SMILES string of the molecule is CC(C)N(CCC(=N)N)Cc1cc(Cl)ccc1Cl. The minimum absolute atomic E-state index is 0.206. The van der Waals surface area contributed by atoms with Crippen LogP contribution in [0, 0.1) is 5.41 Å². The lowest BCUT2D eigenvalue weighted by Gasteiger charge is -2.26. The second-order valence-electron chi connectivity index (χ2n) is 4.58. The Labute approximate surface area is 118 Å². The summed E-state index contributed by atoms with van der Waals surface area (Å²) in [7, 11) is 0. The fourth-order valence-corrected chi connectivity index (χ4v) is 2.04. The summed E-state index contributed by atoms with van der Waals surface area (Å²) in [6.45, 7) is 5.68. The molecule has 5 heteroatoms. The van der Waals surface area contributed by atoms with E-state index in [4.69, 9.17) is 34.3 Å². The van der Waals surface area contributed by atoms with Crippen molar-refractivity contribution < 1.29 is 0 Å². The monoisotopic (exact) mass is 287 g/mol. The second kappa shape index (κ2) is 6.98. The molecule has 0 saturated heterocycles. The van der Waals surface area contributed by atoms with Crippen LogP contribution in [0.15, 0.2) is 18.2 Å². The largest absolute Gasteiger partial charge is 0.388 e. The first-order valence-electron chi connectivity index (χ1n) is 5.91. The van der Waals surface area contributed by atoms with Gasteiger partial charge in [-0.25, -0.2) is 0 Å². The van der Waals surface area contributed by atoms with Gasteiger partial charge in [-0.05, 0) is 37.6 Å². The number of rotatable bonds is 6. The molecule has 0 atom stereocenters. The van der Waals surface area contributed by atoms with Gasteiger partial charge < -0.3 is 5.73 Å². The summed E-state index contributed by atoms with van der Waals surface area (Å²) in [5.41, 5.74) is 6.40. The molecule has 0 bridgehead atoms. The van der Waals surface area contributed by atoms with Crippen molar-refractivity contribution in [1.29, 1.82) is 5.41 Å². The number of hydrogen-bond donors (Lipinski definition) is 2.